The van der Waals surface area contributed by atoms with Crippen molar-refractivity contribution in [2.24, 2.45) is 0 Å². The fraction of sp³-hybridized carbons (Fsp3) is 0.846. The molecule has 5 N–H and O–H groups in total. The van der Waals surface area contributed by atoms with Crippen molar-refractivity contribution in [3.05, 3.63) is 0 Å². The first-order valence-electron chi connectivity index (χ1n) is 6.52. The monoisotopic (exact) mass is 314 g/mol. The van der Waals surface area contributed by atoms with Crippen LogP contribution >= 0.6 is 0 Å². The number of aliphatic carboxylic acids is 2. The van der Waals surface area contributed by atoms with Gasteiger partial charge >= 0.3 is 5.97 Å². The van der Waals surface area contributed by atoms with Crippen LogP contribution in [0.2, 0.25) is 0 Å². The highest BCUT2D eigenvalue weighted by Crippen LogP contribution is 1.86. The van der Waals surface area contributed by atoms with Gasteiger partial charge in [-0.2, -0.15) is 0 Å². The van der Waals surface area contributed by atoms with Crippen molar-refractivity contribution < 1.29 is 39.6 Å². The molecule has 0 aliphatic carbocycles. The minimum Gasteiger partial charge on any atom is -0.481 e. The van der Waals surface area contributed by atoms with Crippen molar-refractivity contribution in [2.75, 3.05) is 40.9 Å². The number of carbonyl (C=O) groups is 2. The van der Waals surface area contributed by atoms with Crippen LogP contribution in [0.25, 0.3) is 0 Å². The van der Waals surface area contributed by atoms with E-state index in [0.29, 0.717) is 0 Å². The summed E-state index contributed by atoms with van der Waals surface area (Å²) in [6, 6.07) is 0. The van der Waals surface area contributed by atoms with Gasteiger partial charge in [-0.15, -0.1) is 0 Å². The molecular weight excluding hydrogens is 282 g/mol. The van der Waals surface area contributed by atoms with E-state index >= 15 is 0 Å². The molecule has 0 aliphatic rings. The van der Waals surface area contributed by atoms with Crippen molar-refractivity contribution in [1.29, 1.82) is 0 Å². The third-order valence-corrected chi connectivity index (χ3v) is 1.44. The molecule has 0 aromatic heterocycles. The average molecular weight is 314 g/mol. The number of hydrogen-bond acceptors (Lipinski definition) is 5. The molecule has 8 heteroatoms. The second-order valence-corrected chi connectivity index (χ2v) is 4.84. The minimum atomic E-state index is -1.18. The van der Waals surface area contributed by atoms with Crippen molar-refractivity contribution in [3.63, 3.8) is 0 Å². The Bertz CT molecular complexity index is 235. The number of carboxylic acids is 2. The first-order valence-corrected chi connectivity index (χ1v) is 6.52. The molecule has 0 bridgehead atoms. The Labute approximate surface area is 126 Å². The van der Waals surface area contributed by atoms with Gasteiger partial charge in [0.15, 0.2) is 6.10 Å². The van der Waals surface area contributed by atoms with Crippen LogP contribution in [0, 0.1) is 0 Å². The molecular formula is C13H32NO7+. The van der Waals surface area contributed by atoms with Gasteiger partial charge in [-0.3, -0.25) is 4.79 Å². The summed E-state index contributed by atoms with van der Waals surface area (Å²) in [5.41, 5.74) is 0. The number of nitrogens with zero attached hydrogens (tertiary/aromatic N) is 1. The highest BCUT2D eigenvalue weighted by Gasteiger charge is 2.07. The third-order valence-electron chi connectivity index (χ3n) is 1.44. The largest absolute Gasteiger partial charge is 0.481 e. The smallest absolute Gasteiger partial charge is 0.332 e. The van der Waals surface area contributed by atoms with E-state index in [4.69, 9.17) is 30.3 Å². The molecule has 130 valence electrons. The molecule has 0 saturated heterocycles. The highest BCUT2D eigenvalue weighted by molar-refractivity contribution is 5.71. The molecule has 1 atom stereocenters. The van der Waals surface area contributed by atoms with Crippen LogP contribution in [-0.2, 0) is 9.59 Å². The lowest BCUT2D eigenvalue weighted by molar-refractivity contribution is -0.870. The van der Waals surface area contributed by atoms with E-state index in [0.717, 1.165) is 18.0 Å². The van der Waals surface area contributed by atoms with Crippen LogP contribution < -0.4 is 0 Å². The molecule has 0 rings (SSSR count). The highest BCUT2D eigenvalue weighted by atomic mass is 16.4. The standard InChI is InChI=1S/C5H14NO.C4H8O3.C2H4O2.C2H6O/c1-6(2,3)4-5-7;1-2-3(5)4(6)7;1-2(3)4;1-2-3/h7H,4-5H2,1-3H3;3,5H,2H2,1H3,(H,6,7);1H3,(H,3,4);3H,2H2,1H3/q+1;;;. The van der Waals surface area contributed by atoms with E-state index in [1.54, 1.807) is 13.8 Å². The van der Waals surface area contributed by atoms with Crippen molar-refractivity contribution in [3.8, 4) is 0 Å². The summed E-state index contributed by atoms with van der Waals surface area (Å²) < 4.78 is 0.844. The predicted octanol–water partition coefficient (Wildman–Crippen LogP) is -0.384. The van der Waals surface area contributed by atoms with Crippen LogP contribution in [0.5, 0.6) is 0 Å². The van der Waals surface area contributed by atoms with Crippen molar-refractivity contribution >= 4 is 11.9 Å². The zero-order valence-electron chi connectivity index (χ0n) is 13.9. The summed E-state index contributed by atoms with van der Waals surface area (Å²) in [4.78, 5) is 18.7. The maximum atomic E-state index is 9.68. The Morgan fingerprint density at radius 1 is 1.05 bits per heavy atom. The normalized spacial score (nSPS) is 10.5. The number of aliphatic hydroxyl groups is 3. The Balaban J connectivity index is -0.0000000973. The zero-order valence-corrected chi connectivity index (χ0v) is 13.9. The van der Waals surface area contributed by atoms with E-state index in [-0.39, 0.29) is 19.6 Å². The number of aliphatic hydroxyl groups excluding tert-OH is 3. The molecule has 21 heavy (non-hydrogen) atoms. The number of hydrogen-bond donors (Lipinski definition) is 5. The Morgan fingerprint density at radius 3 is 1.33 bits per heavy atom. The van der Waals surface area contributed by atoms with Gasteiger partial charge in [0, 0.05) is 13.5 Å². The summed E-state index contributed by atoms with van der Waals surface area (Å²) in [7, 11) is 6.16. The number of carboxylic acid groups (broad SMARTS) is 2. The van der Waals surface area contributed by atoms with E-state index < -0.39 is 18.0 Å². The molecule has 0 amide bonds. The van der Waals surface area contributed by atoms with Crippen LogP contribution in [0.4, 0.5) is 0 Å². The van der Waals surface area contributed by atoms with Gasteiger partial charge in [0.2, 0.25) is 0 Å². The third kappa shape index (κ3) is 68.6. The second kappa shape index (κ2) is 18.8. The SMILES string of the molecule is CC(=O)O.CCC(O)C(=O)O.CCO.C[N+](C)(C)CCO. The lowest BCUT2D eigenvalue weighted by Crippen LogP contribution is -2.36. The van der Waals surface area contributed by atoms with Crippen LogP contribution in [0.1, 0.15) is 27.2 Å². The Morgan fingerprint density at radius 2 is 1.33 bits per heavy atom. The number of likely N-dealkylation sites (N-methyl/N-ethyl adjacent to an activating group) is 1. The van der Waals surface area contributed by atoms with Crippen LogP contribution in [-0.4, -0.2) is 89.0 Å². The molecule has 8 nitrogen and oxygen atoms in total. The number of quaternary nitrogens is 1. The van der Waals surface area contributed by atoms with Crippen molar-refractivity contribution in [1.82, 2.24) is 0 Å². The summed E-state index contributed by atoms with van der Waals surface area (Å²) in [6.45, 7) is 5.74. The summed E-state index contributed by atoms with van der Waals surface area (Å²) in [5, 5.41) is 39.6. The first-order chi connectivity index (χ1) is 9.39. The predicted molar refractivity (Wildman–Crippen MR) is 80.0 cm³/mol. The van der Waals surface area contributed by atoms with E-state index in [1.165, 1.54) is 0 Å². The van der Waals surface area contributed by atoms with Gasteiger partial charge in [0.1, 0.15) is 6.54 Å². The summed E-state index contributed by atoms with van der Waals surface area (Å²) >= 11 is 0. The fourth-order valence-electron chi connectivity index (χ4n) is 0.475. The van der Waals surface area contributed by atoms with Gasteiger partial charge in [0.05, 0.1) is 27.7 Å². The molecule has 0 spiro atoms. The maximum absolute atomic E-state index is 9.68. The topological polar surface area (TPSA) is 135 Å². The second-order valence-electron chi connectivity index (χ2n) is 4.84. The van der Waals surface area contributed by atoms with Crippen LogP contribution in [0.15, 0.2) is 0 Å². The average Bonchev–Trinajstić information content (AvgIpc) is 2.27. The van der Waals surface area contributed by atoms with Gasteiger partial charge in [0.25, 0.3) is 5.97 Å². The fourth-order valence-corrected chi connectivity index (χ4v) is 0.475. The molecule has 1 unspecified atom stereocenters. The summed E-state index contributed by atoms with van der Waals surface area (Å²) in [6.07, 6.45) is -0.907. The lowest BCUT2D eigenvalue weighted by Gasteiger charge is -2.21. The molecule has 0 aromatic carbocycles. The van der Waals surface area contributed by atoms with E-state index in [1.807, 2.05) is 0 Å². The summed E-state index contributed by atoms with van der Waals surface area (Å²) in [5.74, 6) is -1.98. The van der Waals surface area contributed by atoms with Gasteiger partial charge in [-0.1, -0.05) is 6.92 Å². The molecule has 0 aromatic rings. The van der Waals surface area contributed by atoms with Crippen molar-refractivity contribution in [2.45, 2.75) is 33.3 Å². The molecule has 0 fully saturated rings. The maximum Gasteiger partial charge on any atom is 0.332 e. The van der Waals surface area contributed by atoms with Crippen LogP contribution in [0.3, 0.4) is 0 Å². The molecule has 0 aliphatic heterocycles. The zero-order chi connectivity index (χ0) is 18.1. The van der Waals surface area contributed by atoms with Gasteiger partial charge in [-0.25, -0.2) is 4.79 Å². The number of rotatable bonds is 4. The minimum absolute atomic E-state index is 0.250. The molecule has 0 heterocycles. The molecule has 0 saturated carbocycles. The van der Waals surface area contributed by atoms with E-state index in [2.05, 4.69) is 21.1 Å². The van der Waals surface area contributed by atoms with Gasteiger partial charge in [-0.05, 0) is 13.3 Å². The lowest BCUT2D eigenvalue weighted by atomic mass is 10.3. The first kappa shape index (κ1) is 28.0. The molecule has 0 radical (unpaired) electrons. The van der Waals surface area contributed by atoms with Gasteiger partial charge < -0.3 is 30.0 Å². The van der Waals surface area contributed by atoms with E-state index in [9.17, 15) is 4.79 Å². The Kier molecular flexibility index (Phi) is 25.1. The quantitative estimate of drug-likeness (QED) is 0.446. The Hall–Kier alpha value is -1.22.